The van der Waals surface area contributed by atoms with Crippen LogP contribution in [0.1, 0.15) is 59.9 Å². The number of nitrogens with one attached hydrogen (secondary N) is 2. The molecular weight excluding hydrogens is 392 g/mol. The summed E-state index contributed by atoms with van der Waals surface area (Å²) in [6.07, 6.45) is 4.02. The Morgan fingerprint density at radius 3 is 1.93 bits per heavy atom. The molecule has 0 radical (unpaired) electrons. The standard InChI is InChI=1S/C18H34N4O.C3H8.C2H6.CH4S/c1-5-22(6-2)13-7-15-23-18-10-8-17(9-11-18)16-20-12-14-21(4)19-3;1-3-2;2*1-2/h8-11,19-20H,5-7,12-16H2,1-4H3;3H2,1-2H3;1-2H3;2H,1H3. The second-order valence-corrected chi connectivity index (χ2v) is 6.40. The zero-order valence-corrected chi connectivity index (χ0v) is 22.3. The summed E-state index contributed by atoms with van der Waals surface area (Å²) >= 11 is 3.53. The maximum Gasteiger partial charge on any atom is 0.119 e. The molecule has 0 aromatic heterocycles. The smallest absolute Gasteiger partial charge is 0.119 e. The Balaban J connectivity index is -0.000000926. The van der Waals surface area contributed by atoms with Gasteiger partial charge in [0.1, 0.15) is 5.75 Å². The number of hydrazine groups is 1. The molecule has 0 unspecified atom stereocenters. The Bertz CT molecular complexity index is 414. The average Bonchev–Trinajstić information content (AvgIpc) is 2.80. The first-order valence-corrected chi connectivity index (χ1v) is 12.5. The SMILES string of the molecule is CC.CCC.CCN(CC)CCCOc1ccc(CNCCN(C)NC)cc1.CS. The van der Waals surface area contributed by atoms with E-state index >= 15 is 0 Å². The minimum atomic E-state index is 0.782. The lowest BCUT2D eigenvalue weighted by atomic mass is 10.2. The molecule has 6 heteroatoms. The van der Waals surface area contributed by atoms with Crippen LogP contribution < -0.4 is 15.5 Å². The van der Waals surface area contributed by atoms with E-state index in [-0.39, 0.29) is 0 Å². The van der Waals surface area contributed by atoms with Gasteiger partial charge in [-0.2, -0.15) is 12.6 Å². The zero-order valence-electron chi connectivity index (χ0n) is 21.4. The molecule has 2 N–H and O–H groups in total. The van der Waals surface area contributed by atoms with Crippen molar-refractivity contribution in [1.29, 1.82) is 0 Å². The van der Waals surface area contributed by atoms with Crippen molar-refractivity contribution in [3.05, 3.63) is 29.8 Å². The number of hydrogen-bond acceptors (Lipinski definition) is 6. The molecule has 0 spiro atoms. The highest BCUT2D eigenvalue weighted by Crippen LogP contribution is 2.12. The van der Waals surface area contributed by atoms with Gasteiger partial charge in [-0.05, 0) is 50.5 Å². The third kappa shape index (κ3) is 21.9. The van der Waals surface area contributed by atoms with E-state index in [4.69, 9.17) is 4.74 Å². The van der Waals surface area contributed by atoms with E-state index in [0.29, 0.717) is 0 Å². The molecule has 180 valence electrons. The van der Waals surface area contributed by atoms with Crippen molar-refractivity contribution in [1.82, 2.24) is 20.7 Å². The number of hydrogen-bond donors (Lipinski definition) is 3. The molecule has 0 bridgehead atoms. The Hall–Kier alpha value is -0.790. The molecule has 0 aliphatic rings. The van der Waals surface area contributed by atoms with Crippen LogP contribution in [0.4, 0.5) is 0 Å². The van der Waals surface area contributed by atoms with Gasteiger partial charge in [0.05, 0.1) is 6.61 Å². The Morgan fingerprint density at radius 1 is 0.933 bits per heavy atom. The number of ether oxygens (including phenoxy) is 1. The van der Waals surface area contributed by atoms with Crippen molar-refractivity contribution >= 4 is 12.6 Å². The summed E-state index contributed by atoms with van der Waals surface area (Å²) in [5.74, 6) is 0.961. The Kier molecular flexibility index (Phi) is 31.8. The summed E-state index contributed by atoms with van der Waals surface area (Å²) in [5, 5.41) is 5.49. The van der Waals surface area contributed by atoms with Gasteiger partial charge < -0.3 is 15.0 Å². The first-order chi connectivity index (χ1) is 14.6. The first kappa shape index (κ1) is 33.8. The summed E-state index contributed by atoms with van der Waals surface area (Å²) in [4.78, 5) is 2.42. The summed E-state index contributed by atoms with van der Waals surface area (Å²) in [5.41, 5.74) is 4.37. The average molecular weight is 445 g/mol. The number of nitrogens with zero attached hydrogens (tertiary/aromatic N) is 2. The number of thiol groups is 1. The molecular formula is C24H52N4OS. The normalized spacial score (nSPS) is 9.73. The highest BCUT2D eigenvalue weighted by molar-refractivity contribution is 7.79. The summed E-state index contributed by atoms with van der Waals surface area (Å²) in [6.45, 7) is 19.6. The molecule has 0 amide bonds. The van der Waals surface area contributed by atoms with Gasteiger partial charge in [-0.15, -0.1) is 0 Å². The van der Waals surface area contributed by atoms with Crippen molar-refractivity contribution in [2.45, 2.75) is 60.9 Å². The van der Waals surface area contributed by atoms with Crippen LogP contribution in [0.15, 0.2) is 24.3 Å². The number of rotatable bonds is 13. The van der Waals surface area contributed by atoms with Gasteiger partial charge in [-0.25, -0.2) is 5.01 Å². The highest BCUT2D eigenvalue weighted by Gasteiger charge is 2.00. The molecule has 1 rings (SSSR count). The minimum Gasteiger partial charge on any atom is -0.494 e. The molecule has 1 aromatic carbocycles. The van der Waals surface area contributed by atoms with Gasteiger partial charge >= 0.3 is 0 Å². The van der Waals surface area contributed by atoms with Crippen LogP contribution in [0.5, 0.6) is 5.75 Å². The van der Waals surface area contributed by atoms with Crippen LogP contribution in [0, 0.1) is 0 Å². The van der Waals surface area contributed by atoms with Crippen molar-refractivity contribution in [2.75, 3.05) is 59.7 Å². The number of likely N-dealkylation sites (N-methyl/N-ethyl adjacent to an activating group) is 1. The topological polar surface area (TPSA) is 39.8 Å². The summed E-state index contributed by atoms with van der Waals surface area (Å²) in [6, 6.07) is 8.39. The van der Waals surface area contributed by atoms with Gasteiger partial charge in [0.15, 0.2) is 0 Å². The molecule has 0 aliphatic carbocycles. The van der Waals surface area contributed by atoms with E-state index in [0.717, 1.165) is 58.0 Å². The number of benzene rings is 1. The maximum atomic E-state index is 5.81. The molecule has 1 aromatic rings. The minimum absolute atomic E-state index is 0.782. The second-order valence-electron chi connectivity index (χ2n) is 6.40. The maximum absolute atomic E-state index is 5.81. The molecule has 30 heavy (non-hydrogen) atoms. The molecule has 0 atom stereocenters. The Morgan fingerprint density at radius 2 is 1.47 bits per heavy atom. The van der Waals surface area contributed by atoms with Gasteiger partial charge in [0.25, 0.3) is 0 Å². The molecule has 0 fully saturated rings. The van der Waals surface area contributed by atoms with Crippen molar-refractivity contribution in [3.63, 3.8) is 0 Å². The third-order valence-corrected chi connectivity index (χ3v) is 4.04. The van der Waals surface area contributed by atoms with Gasteiger partial charge in [-0.3, -0.25) is 5.43 Å². The van der Waals surface area contributed by atoms with Crippen LogP contribution >= 0.6 is 12.6 Å². The van der Waals surface area contributed by atoms with Crippen molar-refractivity contribution in [3.8, 4) is 5.75 Å². The molecule has 5 nitrogen and oxygen atoms in total. The summed E-state index contributed by atoms with van der Waals surface area (Å²) in [7, 11) is 3.97. The van der Waals surface area contributed by atoms with E-state index in [1.54, 1.807) is 6.26 Å². The van der Waals surface area contributed by atoms with Crippen LogP contribution in [0.25, 0.3) is 0 Å². The fourth-order valence-corrected chi connectivity index (χ4v) is 2.31. The van der Waals surface area contributed by atoms with Crippen LogP contribution in [-0.2, 0) is 6.54 Å². The summed E-state index contributed by atoms with van der Waals surface area (Å²) < 4.78 is 5.81. The monoisotopic (exact) mass is 444 g/mol. The lowest BCUT2D eigenvalue weighted by molar-refractivity contribution is 0.249. The van der Waals surface area contributed by atoms with E-state index in [9.17, 15) is 0 Å². The van der Waals surface area contributed by atoms with E-state index in [2.05, 4.69) is 85.2 Å². The second kappa shape index (κ2) is 28.2. The quantitative estimate of drug-likeness (QED) is 0.228. The largest absolute Gasteiger partial charge is 0.494 e. The van der Waals surface area contributed by atoms with Crippen LogP contribution in [0.3, 0.4) is 0 Å². The first-order valence-electron chi connectivity index (χ1n) is 11.6. The van der Waals surface area contributed by atoms with Gasteiger partial charge in [-0.1, -0.05) is 60.1 Å². The van der Waals surface area contributed by atoms with Gasteiger partial charge in [0.2, 0.25) is 0 Å². The van der Waals surface area contributed by atoms with Crippen LogP contribution in [-0.4, -0.2) is 69.6 Å². The predicted octanol–water partition coefficient (Wildman–Crippen LogP) is 4.94. The molecule has 0 saturated carbocycles. The van der Waals surface area contributed by atoms with E-state index < -0.39 is 0 Å². The zero-order chi connectivity index (χ0) is 23.6. The fraction of sp³-hybridized carbons (Fsp3) is 0.750. The Labute approximate surface area is 194 Å². The molecule has 0 aliphatic heterocycles. The van der Waals surface area contributed by atoms with E-state index in [1.807, 2.05) is 27.9 Å². The van der Waals surface area contributed by atoms with Gasteiger partial charge in [0, 0.05) is 33.2 Å². The predicted molar refractivity (Wildman–Crippen MR) is 140 cm³/mol. The van der Waals surface area contributed by atoms with Crippen molar-refractivity contribution < 1.29 is 4.74 Å². The highest BCUT2D eigenvalue weighted by atomic mass is 32.1. The molecule has 0 heterocycles. The lowest BCUT2D eigenvalue weighted by Crippen LogP contribution is -2.36. The van der Waals surface area contributed by atoms with E-state index in [1.165, 1.54) is 12.0 Å². The molecule has 0 saturated heterocycles. The third-order valence-electron chi connectivity index (χ3n) is 4.04. The fourth-order valence-electron chi connectivity index (χ4n) is 2.31. The lowest BCUT2D eigenvalue weighted by Gasteiger charge is -2.17. The van der Waals surface area contributed by atoms with Crippen molar-refractivity contribution in [2.24, 2.45) is 0 Å². The van der Waals surface area contributed by atoms with Crippen LogP contribution in [0.2, 0.25) is 0 Å².